The van der Waals surface area contributed by atoms with Crippen LogP contribution in [0.1, 0.15) is 12.0 Å². The van der Waals surface area contributed by atoms with E-state index in [9.17, 15) is 4.39 Å². The van der Waals surface area contributed by atoms with Gasteiger partial charge in [0.2, 0.25) is 0 Å². The fraction of sp³-hybridized carbons (Fsp3) is 0.500. The van der Waals surface area contributed by atoms with Gasteiger partial charge in [0.1, 0.15) is 0 Å². The van der Waals surface area contributed by atoms with Crippen LogP contribution in [-0.2, 0) is 6.42 Å². The number of aliphatic imine (C=N–C) groups is 1. The minimum atomic E-state index is -0.373. The second kappa shape index (κ2) is 9.01. The zero-order valence-electron chi connectivity index (χ0n) is 12.0. The highest BCUT2D eigenvalue weighted by molar-refractivity contribution is 5.77. The van der Waals surface area contributed by atoms with Crippen molar-refractivity contribution in [1.29, 1.82) is 0 Å². The van der Waals surface area contributed by atoms with Gasteiger partial charge in [-0.05, 0) is 30.5 Å². The lowest BCUT2D eigenvalue weighted by Gasteiger charge is -2.10. The van der Waals surface area contributed by atoms with E-state index in [-0.39, 0.29) is 6.67 Å². The summed E-state index contributed by atoms with van der Waals surface area (Å²) in [4.78, 5) is 4.00. The molecule has 0 aliphatic rings. The van der Waals surface area contributed by atoms with Crippen molar-refractivity contribution in [2.24, 2.45) is 10.7 Å². The second-order valence-corrected chi connectivity index (χ2v) is 4.18. The lowest BCUT2D eigenvalue weighted by atomic mass is 10.1. The summed E-state index contributed by atoms with van der Waals surface area (Å²) in [6, 6.07) is 5.77. The predicted molar refractivity (Wildman–Crippen MR) is 78.3 cm³/mol. The summed E-state index contributed by atoms with van der Waals surface area (Å²) in [7, 11) is 3.21. The van der Waals surface area contributed by atoms with Crippen molar-refractivity contribution >= 4 is 5.96 Å². The van der Waals surface area contributed by atoms with Crippen molar-refractivity contribution < 1.29 is 13.9 Å². The lowest BCUT2D eigenvalue weighted by molar-refractivity contribution is 0.354. The Balaban J connectivity index is 2.44. The molecule has 0 aliphatic carbocycles. The molecule has 0 aromatic heterocycles. The third kappa shape index (κ3) is 5.34. The molecule has 0 aliphatic heterocycles. The summed E-state index contributed by atoms with van der Waals surface area (Å²) < 4.78 is 22.3. The zero-order chi connectivity index (χ0) is 14.8. The monoisotopic (exact) mass is 283 g/mol. The molecule has 0 unspecified atom stereocenters. The summed E-state index contributed by atoms with van der Waals surface area (Å²) in [5.41, 5.74) is 6.76. The van der Waals surface area contributed by atoms with Crippen LogP contribution in [0.25, 0.3) is 0 Å². The largest absolute Gasteiger partial charge is 0.493 e. The van der Waals surface area contributed by atoms with Gasteiger partial charge in [0, 0.05) is 13.1 Å². The van der Waals surface area contributed by atoms with E-state index >= 15 is 0 Å². The van der Waals surface area contributed by atoms with Crippen LogP contribution in [-0.4, -0.2) is 39.9 Å². The Morgan fingerprint density at radius 1 is 1.30 bits per heavy atom. The minimum absolute atomic E-state index is 0.346. The van der Waals surface area contributed by atoms with Gasteiger partial charge >= 0.3 is 0 Å². The quantitative estimate of drug-likeness (QED) is 0.431. The predicted octanol–water partition coefficient (Wildman–Crippen LogP) is 1.51. The van der Waals surface area contributed by atoms with Crippen LogP contribution in [0, 0.1) is 0 Å². The van der Waals surface area contributed by atoms with E-state index in [1.807, 2.05) is 18.2 Å². The standard InChI is InChI=1S/C14H22FN3O2/c1-19-12-5-4-11(10-13(12)20-2)6-9-18-14(16)17-8-3-7-15/h4-5,10H,3,6-9H2,1-2H3,(H3,16,17,18). The Bertz CT molecular complexity index is 438. The van der Waals surface area contributed by atoms with Gasteiger partial charge < -0.3 is 20.5 Å². The molecule has 20 heavy (non-hydrogen) atoms. The molecular weight excluding hydrogens is 261 g/mol. The van der Waals surface area contributed by atoms with Crippen molar-refractivity contribution in [3.63, 3.8) is 0 Å². The first kappa shape index (κ1) is 16.1. The Labute approximate surface area is 119 Å². The van der Waals surface area contributed by atoms with Gasteiger partial charge in [-0.3, -0.25) is 9.38 Å². The summed E-state index contributed by atoms with van der Waals surface area (Å²) in [5, 5.41) is 2.99. The average Bonchev–Trinajstić information content (AvgIpc) is 2.47. The molecular formula is C14H22FN3O2. The van der Waals surface area contributed by atoms with E-state index < -0.39 is 0 Å². The van der Waals surface area contributed by atoms with Gasteiger partial charge in [-0.15, -0.1) is 0 Å². The Kier molecular flexibility index (Phi) is 7.24. The molecule has 0 radical (unpaired) electrons. The number of nitrogens with one attached hydrogen (secondary N) is 1. The topological polar surface area (TPSA) is 68.9 Å². The molecule has 3 N–H and O–H groups in total. The van der Waals surface area contributed by atoms with E-state index in [1.54, 1.807) is 14.2 Å². The number of benzene rings is 1. The van der Waals surface area contributed by atoms with Crippen molar-refractivity contribution in [3.8, 4) is 11.5 Å². The van der Waals surface area contributed by atoms with Gasteiger partial charge in [0.15, 0.2) is 17.5 Å². The van der Waals surface area contributed by atoms with Gasteiger partial charge in [-0.1, -0.05) is 6.07 Å². The first-order valence-electron chi connectivity index (χ1n) is 6.52. The van der Waals surface area contributed by atoms with E-state index in [0.29, 0.717) is 37.0 Å². The van der Waals surface area contributed by atoms with Crippen LogP contribution >= 0.6 is 0 Å². The SMILES string of the molecule is COc1ccc(CCNC(N)=NCCCF)cc1OC. The van der Waals surface area contributed by atoms with E-state index in [2.05, 4.69) is 10.3 Å². The Hall–Kier alpha value is -1.98. The number of rotatable bonds is 8. The zero-order valence-corrected chi connectivity index (χ0v) is 12.0. The molecule has 0 saturated carbocycles. The molecule has 5 nitrogen and oxygen atoms in total. The number of hydrogen-bond donors (Lipinski definition) is 2. The molecule has 0 saturated heterocycles. The summed E-state index contributed by atoms with van der Waals surface area (Å²) in [6.07, 6.45) is 1.18. The number of ether oxygens (including phenoxy) is 2. The van der Waals surface area contributed by atoms with Crippen molar-refractivity contribution in [2.75, 3.05) is 34.0 Å². The lowest BCUT2D eigenvalue weighted by Crippen LogP contribution is -2.33. The molecule has 6 heteroatoms. The number of hydrogen-bond acceptors (Lipinski definition) is 3. The first-order valence-corrected chi connectivity index (χ1v) is 6.52. The summed E-state index contributed by atoms with van der Waals surface area (Å²) in [6.45, 7) is 0.689. The van der Waals surface area contributed by atoms with Crippen molar-refractivity contribution in [1.82, 2.24) is 5.32 Å². The Morgan fingerprint density at radius 3 is 2.70 bits per heavy atom. The fourth-order valence-electron chi connectivity index (χ4n) is 1.69. The van der Waals surface area contributed by atoms with E-state index in [0.717, 1.165) is 12.0 Å². The third-order valence-electron chi connectivity index (χ3n) is 2.74. The highest BCUT2D eigenvalue weighted by Gasteiger charge is 2.04. The molecule has 1 rings (SSSR count). The first-order chi connectivity index (χ1) is 9.71. The molecule has 112 valence electrons. The van der Waals surface area contributed by atoms with Gasteiger partial charge in [-0.25, -0.2) is 0 Å². The number of halogens is 1. The third-order valence-corrected chi connectivity index (χ3v) is 2.74. The smallest absolute Gasteiger partial charge is 0.188 e. The highest BCUT2D eigenvalue weighted by atomic mass is 19.1. The number of alkyl halides is 1. The fourth-order valence-corrected chi connectivity index (χ4v) is 1.69. The van der Waals surface area contributed by atoms with Gasteiger partial charge in [0.25, 0.3) is 0 Å². The molecule has 0 bridgehead atoms. The molecule has 1 aromatic rings. The second-order valence-electron chi connectivity index (χ2n) is 4.18. The number of guanidine groups is 1. The molecule has 0 heterocycles. The molecule has 0 amide bonds. The number of nitrogens with zero attached hydrogens (tertiary/aromatic N) is 1. The number of methoxy groups -OCH3 is 2. The van der Waals surface area contributed by atoms with Gasteiger partial charge in [0.05, 0.1) is 20.9 Å². The maximum Gasteiger partial charge on any atom is 0.188 e. The molecule has 0 spiro atoms. The van der Waals surface area contributed by atoms with Crippen LogP contribution < -0.4 is 20.5 Å². The van der Waals surface area contributed by atoms with Crippen LogP contribution in [0.3, 0.4) is 0 Å². The maximum atomic E-state index is 11.9. The van der Waals surface area contributed by atoms with Crippen LogP contribution in [0.4, 0.5) is 4.39 Å². The average molecular weight is 283 g/mol. The number of nitrogens with two attached hydrogens (primary N) is 1. The normalized spacial score (nSPS) is 11.2. The summed E-state index contributed by atoms with van der Waals surface area (Å²) >= 11 is 0. The minimum Gasteiger partial charge on any atom is -0.493 e. The highest BCUT2D eigenvalue weighted by Crippen LogP contribution is 2.27. The maximum absolute atomic E-state index is 11.9. The Morgan fingerprint density at radius 2 is 2.05 bits per heavy atom. The molecule has 0 atom stereocenters. The van der Waals surface area contributed by atoms with E-state index in [1.165, 1.54) is 0 Å². The van der Waals surface area contributed by atoms with Crippen LogP contribution in [0.2, 0.25) is 0 Å². The van der Waals surface area contributed by atoms with Gasteiger partial charge in [-0.2, -0.15) is 0 Å². The van der Waals surface area contributed by atoms with Crippen LogP contribution in [0.15, 0.2) is 23.2 Å². The van der Waals surface area contributed by atoms with Crippen LogP contribution in [0.5, 0.6) is 11.5 Å². The molecule has 0 fully saturated rings. The van der Waals surface area contributed by atoms with Crippen molar-refractivity contribution in [3.05, 3.63) is 23.8 Å². The summed E-state index contributed by atoms with van der Waals surface area (Å²) in [5.74, 6) is 1.75. The van der Waals surface area contributed by atoms with Crippen molar-refractivity contribution in [2.45, 2.75) is 12.8 Å². The van der Waals surface area contributed by atoms with E-state index in [4.69, 9.17) is 15.2 Å². The molecule has 1 aromatic carbocycles.